The summed E-state index contributed by atoms with van der Waals surface area (Å²) in [7, 11) is 1.57. The van der Waals surface area contributed by atoms with Gasteiger partial charge in [0.15, 0.2) is 0 Å². The first-order valence-electron chi connectivity index (χ1n) is 5.96. The van der Waals surface area contributed by atoms with E-state index in [-0.39, 0.29) is 5.91 Å². The van der Waals surface area contributed by atoms with Crippen molar-refractivity contribution in [1.82, 2.24) is 0 Å². The van der Waals surface area contributed by atoms with E-state index in [1.807, 2.05) is 24.3 Å². The molecule has 0 saturated heterocycles. The lowest BCUT2D eigenvalue weighted by Gasteiger charge is -2.03. The summed E-state index contributed by atoms with van der Waals surface area (Å²) in [6, 6.07) is 9.04. The third-order valence-corrected chi connectivity index (χ3v) is 3.40. The van der Waals surface area contributed by atoms with Gasteiger partial charge in [0.2, 0.25) is 0 Å². The van der Waals surface area contributed by atoms with Gasteiger partial charge in [-0.1, -0.05) is 17.9 Å². The molecule has 0 bridgehead atoms. The molecule has 1 amide bonds. The van der Waals surface area contributed by atoms with Crippen LogP contribution in [0.5, 0.6) is 5.75 Å². The molecule has 0 aliphatic carbocycles. The first-order valence-corrected chi connectivity index (χ1v) is 6.84. The van der Waals surface area contributed by atoms with Crippen LogP contribution in [0.4, 0.5) is 5.69 Å². The Morgan fingerprint density at radius 3 is 3.00 bits per heavy atom. The topological polar surface area (TPSA) is 64.3 Å². The Labute approximate surface area is 121 Å². The van der Waals surface area contributed by atoms with Gasteiger partial charge in [-0.15, -0.1) is 11.3 Å². The molecule has 2 rings (SSSR count). The van der Waals surface area contributed by atoms with Crippen molar-refractivity contribution in [1.29, 1.82) is 0 Å². The molecule has 2 aromatic rings. The third-order valence-electron chi connectivity index (χ3n) is 2.49. The minimum atomic E-state index is -0.165. The molecule has 0 unspecified atom stereocenters. The Morgan fingerprint density at radius 2 is 2.30 bits per heavy atom. The summed E-state index contributed by atoms with van der Waals surface area (Å²) in [5.41, 5.74) is 6.85. The van der Waals surface area contributed by atoms with Crippen molar-refractivity contribution in [3.8, 4) is 17.6 Å². The molecule has 1 heterocycles. The molecule has 0 radical (unpaired) electrons. The lowest BCUT2D eigenvalue weighted by molar-refractivity contribution is 0.103. The van der Waals surface area contributed by atoms with E-state index in [4.69, 9.17) is 10.5 Å². The largest absolute Gasteiger partial charge is 0.496 e. The Morgan fingerprint density at radius 1 is 1.45 bits per heavy atom. The number of nitrogens with two attached hydrogens (primary N) is 1. The number of carbonyl (C=O) groups is 1. The summed E-state index contributed by atoms with van der Waals surface area (Å²) >= 11 is 1.34. The Hall–Kier alpha value is -2.29. The molecule has 0 fully saturated rings. The van der Waals surface area contributed by atoms with Gasteiger partial charge in [-0.05, 0) is 18.2 Å². The van der Waals surface area contributed by atoms with Crippen LogP contribution < -0.4 is 15.8 Å². The lowest BCUT2D eigenvalue weighted by Crippen LogP contribution is -2.10. The quantitative estimate of drug-likeness (QED) is 0.851. The fourth-order valence-corrected chi connectivity index (χ4v) is 2.32. The zero-order valence-electron chi connectivity index (χ0n) is 11.0. The smallest absolute Gasteiger partial charge is 0.265 e. The van der Waals surface area contributed by atoms with Gasteiger partial charge >= 0.3 is 0 Å². The second-order valence-electron chi connectivity index (χ2n) is 3.89. The fraction of sp³-hybridized carbons (Fsp3) is 0.133. The number of nitrogens with one attached hydrogen (secondary N) is 1. The Balaban J connectivity index is 2.11. The number of methoxy groups -OCH3 is 1. The number of thiophene rings is 1. The van der Waals surface area contributed by atoms with Gasteiger partial charge in [0.1, 0.15) is 5.75 Å². The summed E-state index contributed by atoms with van der Waals surface area (Å²) in [6.45, 7) is 0.311. The first kappa shape index (κ1) is 14.1. The molecular weight excluding hydrogens is 272 g/mol. The standard InChI is InChI=1S/C15H14N2O2S/c1-19-13-9-14(20-10-13)15(18)17-12-6-2-4-11(8-12)5-3-7-16/h2,4,6,8-10H,7,16H2,1H3,(H,17,18). The van der Waals surface area contributed by atoms with E-state index >= 15 is 0 Å². The number of anilines is 1. The van der Waals surface area contributed by atoms with Crippen molar-refractivity contribution in [2.75, 3.05) is 19.0 Å². The molecule has 1 aromatic heterocycles. The first-order chi connectivity index (χ1) is 9.72. The van der Waals surface area contributed by atoms with Crippen LogP contribution in [0.2, 0.25) is 0 Å². The van der Waals surface area contributed by atoms with Gasteiger partial charge in [-0.2, -0.15) is 0 Å². The molecular formula is C15H14N2O2S. The summed E-state index contributed by atoms with van der Waals surface area (Å²) in [5.74, 6) is 6.22. The molecule has 20 heavy (non-hydrogen) atoms. The summed E-state index contributed by atoms with van der Waals surface area (Å²) in [4.78, 5) is 12.7. The van der Waals surface area contributed by atoms with Gasteiger partial charge in [-0.25, -0.2) is 0 Å². The predicted octanol–water partition coefficient (Wildman–Crippen LogP) is 2.32. The van der Waals surface area contributed by atoms with Gasteiger partial charge in [-0.3, -0.25) is 4.79 Å². The molecule has 0 atom stereocenters. The fourth-order valence-electron chi connectivity index (χ4n) is 1.57. The van der Waals surface area contributed by atoms with Crippen LogP contribution in [0, 0.1) is 11.8 Å². The number of rotatable bonds is 3. The average molecular weight is 286 g/mol. The second kappa shape index (κ2) is 6.75. The summed E-state index contributed by atoms with van der Waals surface area (Å²) < 4.78 is 5.06. The Bertz CT molecular complexity index is 668. The number of hydrogen-bond acceptors (Lipinski definition) is 4. The minimum Gasteiger partial charge on any atom is -0.496 e. The number of carbonyl (C=O) groups excluding carboxylic acids is 1. The molecule has 3 N–H and O–H groups in total. The van der Waals surface area contributed by atoms with E-state index in [2.05, 4.69) is 17.2 Å². The van der Waals surface area contributed by atoms with Crippen LogP contribution in [0.3, 0.4) is 0 Å². The normalized spacial score (nSPS) is 9.50. The Kier molecular flexibility index (Phi) is 4.77. The summed E-state index contributed by atoms with van der Waals surface area (Å²) in [6.07, 6.45) is 0. The van der Waals surface area contributed by atoms with Crippen molar-refractivity contribution in [2.24, 2.45) is 5.73 Å². The zero-order valence-corrected chi connectivity index (χ0v) is 11.8. The highest BCUT2D eigenvalue weighted by molar-refractivity contribution is 7.12. The van der Waals surface area contributed by atoms with E-state index in [0.717, 1.165) is 5.56 Å². The highest BCUT2D eigenvalue weighted by Crippen LogP contribution is 2.22. The number of amides is 1. The van der Waals surface area contributed by atoms with Crippen LogP contribution in [0.1, 0.15) is 15.2 Å². The minimum absolute atomic E-state index is 0.165. The van der Waals surface area contributed by atoms with Crippen molar-refractivity contribution in [3.05, 3.63) is 46.2 Å². The lowest BCUT2D eigenvalue weighted by atomic mass is 10.2. The molecule has 4 nitrogen and oxygen atoms in total. The number of benzene rings is 1. The average Bonchev–Trinajstić information content (AvgIpc) is 2.94. The van der Waals surface area contributed by atoms with Crippen LogP contribution in [0.15, 0.2) is 35.7 Å². The van der Waals surface area contributed by atoms with Gasteiger partial charge in [0, 0.05) is 22.7 Å². The van der Waals surface area contributed by atoms with Crippen molar-refractivity contribution in [2.45, 2.75) is 0 Å². The highest BCUT2D eigenvalue weighted by Gasteiger charge is 2.09. The van der Waals surface area contributed by atoms with Gasteiger partial charge in [0.05, 0.1) is 18.5 Å². The molecule has 1 aromatic carbocycles. The second-order valence-corrected chi connectivity index (χ2v) is 4.80. The summed E-state index contributed by atoms with van der Waals surface area (Å²) in [5, 5.41) is 4.62. The van der Waals surface area contributed by atoms with Crippen LogP contribution in [-0.4, -0.2) is 19.6 Å². The van der Waals surface area contributed by atoms with Crippen molar-refractivity contribution >= 4 is 22.9 Å². The maximum Gasteiger partial charge on any atom is 0.265 e. The monoisotopic (exact) mass is 286 g/mol. The van der Waals surface area contributed by atoms with E-state index in [1.165, 1.54) is 11.3 Å². The van der Waals surface area contributed by atoms with E-state index in [1.54, 1.807) is 18.6 Å². The SMILES string of the molecule is COc1csc(C(=O)Nc2cccc(C#CCN)c2)c1. The van der Waals surface area contributed by atoms with Gasteiger partial charge < -0.3 is 15.8 Å². The van der Waals surface area contributed by atoms with E-state index < -0.39 is 0 Å². The predicted molar refractivity (Wildman–Crippen MR) is 81.2 cm³/mol. The van der Waals surface area contributed by atoms with Crippen molar-refractivity contribution < 1.29 is 9.53 Å². The molecule has 0 spiro atoms. The number of ether oxygens (including phenoxy) is 1. The molecule has 0 aliphatic rings. The molecule has 0 saturated carbocycles. The third kappa shape index (κ3) is 3.60. The van der Waals surface area contributed by atoms with Crippen molar-refractivity contribution in [3.63, 3.8) is 0 Å². The maximum absolute atomic E-state index is 12.1. The van der Waals surface area contributed by atoms with Gasteiger partial charge in [0.25, 0.3) is 5.91 Å². The molecule has 102 valence electrons. The van der Waals surface area contributed by atoms with Crippen LogP contribution in [-0.2, 0) is 0 Å². The maximum atomic E-state index is 12.1. The van der Waals surface area contributed by atoms with Crippen LogP contribution >= 0.6 is 11.3 Å². The number of hydrogen-bond donors (Lipinski definition) is 2. The molecule has 0 aliphatic heterocycles. The highest BCUT2D eigenvalue weighted by atomic mass is 32.1. The zero-order chi connectivity index (χ0) is 14.4. The molecule has 5 heteroatoms. The van der Waals surface area contributed by atoms with Crippen LogP contribution in [0.25, 0.3) is 0 Å². The van der Waals surface area contributed by atoms with E-state index in [9.17, 15) is 4.79 Å². The van der Waals surface area contributed by atoms with E-state index in [0.29, 0.717) is 22.9 Å².